The van der Waals surface area contributed by atoms with E-state index in [1.807, 2.05) is 0 Å². The van der Waals surface area contributed by atoms with Crippen LogP contribution in [0.15, 0.2) is 6.20 Å². The highest BCUT2D eigenvalue weighted by molar-refractivity contribution is 5.98. The van der Waals surface area contributed by atoms with Crippen LogP contribution in [0.5, 0.6) is 0 Å². The summed E-state index contributed by atoms with van der Waals surface area (Å²) < 4.78 is 41.0. The van der Waals surface area contributed by atoms with Crippen LogP contribution in [0, 0.1) is 0 Å². The number of alkyl carbamates (subject to hydrolysis) is 1. The molecule has 1 rings (SSSR count). The Kier molecular flexibility index (Phi) is 4.19. The van der Waals surface area contributed by atoms with Crippen LogP contribution in [-0.2, 0) is 16.1 Å². The quantitative estimate of drug-likeness (QED) is 0.776. The minimum Gasteiger partial charge on any atom is -0.453 e. The lowest BCUT2D eigenvalue weighted by Gasteiger charge is -2.01. The SMILES string of the molecule is COC(=O)NC(=O)Cn1cc(C(=O)C(F)(F)F)nn1. The van der Waals surface area contributed by atoms with Gasteiger partial charge in [0.1, 0.15) is 6.54 Å². The molecule has 0 saturated carbocycles. The molecule has 1 aromatic heterocycles. The van der Waals surface area contributed by atoms with Gasteiger partial charge in [0.2, 0.25) is 0 Å². The van der Waals surface area contributed by atoms with E-state index in [1.54, 1.807) is 5.32 Å². The number of ketones is 1. The summed E-state index contributed by atoms with van der Waals surface area (Å²) in [6, 6.07) is 0. The Labute approximate surface area is 103 Å². The predicted molar refractivity (Wildman–Crippen MR) is 51.0 cm³/mol. The Morgan fingerprint density at radius 2 is 2.05 bits per heavy atom. The molecule has 0 bridgehead atoms. The van der Waals surface area contributed by atoms with Gasteiger partial charge in [-0.15, -0.1) is 5.10 Å². The summed E-state index contributed by atoms with van der Waals surface area (Å²) in [5, 5.41) is 7.89. The molecule has 0 aliphatic rings. The number of Topliss-reactive ketones (excluding diaryl/α,β-unsaturated/α-hetero) is 1. The number of nitrogens with zero attached hydrogens (tertiary/aromatic N) is 3. The summed E-state index contributed by atoms with van der Waals surface area (Å²) in [5.74, 6) is -3.06. The standard InChI is InChI=1S/C8H7F3N4O4/c1-19-7(18)12-5(16)3-15-2-4(13-14-15)6(17)8(9,10)11/h2H,3H2,1H3,(H,12,16,18). The van der Waals surface area contributed by atoms with Gasteiger partial charge in [-0.1, -0.05) is 5.21 Å². The van der Waals surface area contributed by atoms with Gasteiger partial charge < -0.3 is 4.74 Å². The largest absolute Gasteiger partial charge is 0.456 e. The lowest BCUT2D eigenvalue weighted by molar-refractivity contribution is -0.121. The third-order valence-corrected chi connectivity index (χ3v) is 1.76. The van der Waals surface area contributed by atoms with Crippen molar-refractivity contribution in [2.75, 3.05) is 7.11 Å². The van der Waals surface area contributed by atoms with E-state index in [4.69, 9.17) is 0 Å². The van der Waals surface area contributed by atoms with Crippen LogP contribution in [0.3, 0.4) is 0 Å². The third kappa shape index (κ3) is 4.04. The van der Waals surface area contributed by atoms with Crippen molar-refractivity contribution in [3.8, 4) is 0 Å². The number of ether oxygens (including phenoxy) is 1. The van der Waals surface area contributed by atoms with E-state index >= 15 is 0 Å². The van der Waals surface area contributed by atoms with Gasteiger partial charge in [-0.3, -0.25) is 14.9 Å². The van der Waals surface area contributed by atoms with Crippen LogP contribution in [0.2, 0.25) is 0 Å². The molecule has 1 N–H and O–H groups in total. The molecule has 104 valence electrons. The summed E-state index contributed by atoms with van der Waals surface area (Å²) in [6.07, 6.45) is -5.46. The Morgan fingerprint density at radius 1 is 1.42 bits per heavy atom. The summed E-state index contributed by atoms with van der Waals surface area (Å²) in [5.41, 5.74) is -0.946. The molecule has 0 aromatic carbocycles. The number of rotatable bonds is 3. The average molecular weight is 280 g/mol. The number of halogens is 3. The summed E-state index contributed by atoms with van der Waals surface area (Å²) in [4.78, 5) is 32.6. The fourth-order valence-electron chi connectivity index (χ4n) is 0.976. The first-order valence-corrected chi connectivity index (χ1v) is 4.63. The lowest BCUT2D eigenvalue weighted by atomic mass is 10.3. The molecule has 2 amide bonds. The van der Waals surface area contributed by atoms with Crippen molar-refractivity contribution in [3.63, 3.8) is 0 Å². The van der Waals surface area contributed by atoms with Gasteiger partial charge in [0.25, 0.3) is 11.7 Å². The molecule has 19 heavy (non-hydrogen) atoms. The molecule has 0 radical (unpaired) electrons. The number of amides is 2. The Bertz CT molecular complexity index is 510. The van der Waals surface area contributed by atoms with E-state index in [0.29, 0.717) is 10.9 Å². The molecule has 0 aliphatic heterocycles. The van der Waals surface area contributed by atoms with Crippen LogP contribution in [0.25, 0.3) is 0 Å². The normalized spacial score (nSPS) is 10.9. The smallest absolute Gasteiger partial charge is 0.453 e. The Morgan fingerprint density at radius 3 is 2.58 bits per heavy atom. The molecule has 0 unspecified atom stereocenters. The molecule has 1 heterocycles. The van der Waals surface area contributed by atoms with E-state index in [1.165, 1.54) is 0 Å². The van der Waals surface area contributed by atoms with E-state index < -0.39 is 36.2 Å². The van der Waals surface area contributed by atoms with Crippen molar-refractivity contribution in [2.24, 2.45) is 0 Å². The number of aromatic nitrogens is 3. The number of imide groups is 1. The maximum absolute atomic E-state index is 12.1. The third-order valence-electron chi connectivity index (χ3n) is 1.76. The number of hydrogen-bond acceptors (Lipinski definition) is 6. The van der Waals surface area contributed by atoms with E-state index in [9.17, 15) is 27.6 Å². The second-order valence-corrected chi connectivity index (χ2v) is 3.17. The summed E-state index contributed by atoms with van der Waals surface area (Å²) >= 11 is 0. The molecule has 11 heteroatoms. The number of alkyl halides is 3. The number of hydrogen-bond donors (Lipinski definition) is 1. The fraction of sp³-hybridized carbons (Fsp3) is 0.375. The van der Waals surface area contributed by atoms with Gasteiger partial charge in [-0.25, -0.2) is 9.48 Å². The predicted octanol–water partition coefficient (Wildman–Crippen LogP) is -0.0943. The monoisotopic (exact) mass is 280 g/mol. The van der Waals surface area contributed by atoms with Gasteiger partial charge >= 0.3 is 12.3 Å². The Balaban J connectivity index is 2.68. The van der Waals surface area contributed by atoms with Gasteiger partial charge in [0, 0.05) is 0 Å². The minimum absolute atomic E-state index is 0.590. The number of methoxy groups -OCH3 is 1. The van der Waals surface area contributed by atoms with Crippen molar-refractivity contribution in [1.29, 1.82) is 0 Å². The first-order valence-electron chi connectivity index (χ1n) is 4.63. The maximum Gasteiger partial charge on any atom is 0.456 e. The zero-order chi connectivity index (χ0) is 14.6. The van der Waals surface area contributed by atoms with Crippen LogP contribution in [0.4, 0.5) is 18.0 Å². The molecule has 0 spiro atoms. The van der Waals surface area contributed by atoms with Crippen LogP contribution >= 0.6 is 0 Å². The second-order valence-electron chi connectivity index (χ2n) is 3.17. The molecule has 0 aliphatic carbocycles. The van der Waals surface area contributed by atoms with Gasteiger partial charge in [-0.05, 0) is 0 Å². The van der Waals surface area contributed by atoms with Crippen molar-refractivity contribution < 1.29 is 32.3 Å². The van der Waals surface area contributed by atoms with Gasteiger partial charge in [-0.2, -0.15) is 13.2 Å². The lowest BCUT2D eigenvalue weighted by Crippen LogP contribution is -2.33. The van der Waals surface area contributed by atoms with Crippen LogP contribution in [-0.4, -0.2) is 46.1 Å². The molecule has 0 fully saturated rings. The number of nitrogens with one attached hydrogen (secondary N) is 1. The highest BCUT2D eigenvalue weighted by Gasteiger charge is 2.41. The number of carbonyl (C=O) groups is 3. The number of carbonyl (C=O) groups excluding carboxylic acids is 3. The molecule has 8 nitrogen and oxygen atoms in total. The molecular formula is C8H7F3N4O4. The first-order chi connectivity index (χ1) is 8.74. The van der Waals surface area contributed by atoms with Crippen molar-refractivity contribution in [1.82, 2.24) is 20.3 Å². The van der Waals surface area contributed by atoms with E-state index in [2.05, 4.69) is 15.0 Å². The van der Waals surface area contributed by atoms with E-state index in [-0.39, 0.29) is 0 Å². The van der Waals surface area contributed by atoms with Crippen LogP contribution in [0.1, 0.15) is 10.5 Å². The molecule has 0 saturated heterocycles. The average Bonchev–Trinajstić information content (AvgIpc) is 2.74. The zero-order valence-corrected chi connectivity index (χ0v) is 9.39. The highest BCUT2D eigenvalue weighted by atomic mass is 19.4. The van der Waals surface area contributed by atoms with E-state index in [0.717, 1.165) is 7.11 Å². The minimum atomic E-state index is -5.07. The fourth-order valence-corrected chi connectivity index (χ4v) is 0.976. The van der Waals surface area contributed by atoms with Crippen molar-refractivity contribution in [3.05, 3.63) is 11.9 Å². The van der Waals surface area contributed by atoms with Crippen molar-refractivity contribution in [2.45, 2.75) is 12.7 Å². The zero-order valence-electron chi connectivity index (χ0n) is 9.39. The first kappa shape index (κ1) is 14.6. The maximum atomic E-state index is 12.1. The summed E-state index contributed by atoms with van der Waals surface area (Å²) in [7, 11) is 1.03. The molecule has 1 aromatic rings. The molecule has 0 atom stereocenters. The van der Waals surface area contributed by atoms with Gasteiger partial charge in [0.15, 0.2) is 5.69 Å². The topological polar surface area (TPSA) is 103 Å². The second kappa shape index (κ2) is 5.46. The van der Waals surface area contributed by atoms with Crippen molar-refractivity contribution >= 4 is 17.8 Å². The van der Waals surface area contributed by atoms with Gasteiger partial charge in [0.05, 0.1) is 13.3 Å². The molecular weight excluding hydrogens is 273 g/mol. The summed E-state index contributed by atoms with van der Waals surface area (Å²) in [6.45, 7) is -0.590. The van der Waals surface area contributed by atoms with Crippen LogP contribution < -0.4 is 5.32 Å². The Hall–Kier alpha value is -2.46. The highest BCUT2D eigenvalue weighted by Crippen LogP contribution is 2.19.